The van der Waals surface area contributed by atoms with Crippen molar-refractivity contribution in [2.45, 2.75) is 163 Å². The molecule has 4 heteroatoms. The summed E-state index contributed by atoms with van der Waals surface area (Å²) >= 11 is 0. The second-order valence-corrected chi connectivity index (χ2v) is 10.6. The molecule has 0 aliphatic carbocycles. The first-order valence-electron chi connectivity index (χ1n) is 15.4. The lowest BCUT2D eigenvalue weighted by Crippen LogP contribution is -2.15. The van der Waals surface area contributed by atoms with E-state index in [2.05, 4.69) is 27.7 Å². The predicted octanol–water partition coefficient (Wildman–Crippen LogP) is 9.58. The number of unbranched alkanes of at least 4 members (excludes halogenated alkanes) is 10. The zero-order valence-corrected chi connectivity index (χ0v) is 24.1. The number of hydrogen-bond donors (Lipinski definition) is 0. The summed E-state index contributed by atoms with van der Waals surface area (Å²) in [6.45, 7) is 10.1. The van der Waals surface area contributed by atoms with Gasteiger partial charge in [-0.1, -0.05) is 111 Å². The van der Waals surface area contributed by atoms with Crippen molar-refractivity contribution in [3.8, 4) is 0 Å². The molecule has 0 bridgehead atoms. The van der Waals surface area contributed by atoms with Crippen LogP contribution in [0.25, 0.3) is 0 Å². The van der Waals surface area contributed by atoms with E-state index in [-0.39, 0.29) is 11.9 Å². The number of carbonyl (C=O) groups is 2. The van der Waals surface area contributed by atoms with Gasteiger partial charge in [-0.3, -0.25) is 9.59 Å². The van der Waals surface area contributed by atoms with Gasteiger partial charge in [0.25, 0.3) is 0 Å². The molecule has 2 unspecified atom stereocenters. The van der Waals surface area contributed by atoms with Crippen molar-refractivity contribution in [1.29, 1.82) is 0 Å². The number of hydrogen-bond acceptors (Lipinski definition) is 4. The first kappa shape index (κ1) is 33.9. The van der Waals surface area contributed by atoms with Gasteiger partial charge in [0, 0.05) is 12.8 Å². The Morgan fingerprint density at radius 2 is 0.800 bits per heavy atom. The van der Waals surface area contributed by atoms with E-state index in [4.69, 9.17) is 9.47 Å². The summed E-state index contributed by atoms with van der Waals surface area (Å²) in [5, 5.41) is 0. The standard InChI is InChI=1S/C31H60O4/c1-5-9-13-16-22-28(20-11-7-3)26-34-30(32)24-18-15-19-25-31(33)35-27-29(21-12-8-4)23-17-14-10-6-2/h28-29H,5-27H2,1-4H3. The van der Waals surface area contributed by atoms with Crippen LogP contribution in [0.15, 0.2) is 0 Å². The molecule has 0 aromatic carbocycles. The third-order valence-corrected chi connectivity index (χ3v) is 7.09. The van der Waals surface area contributed by atoms with Gasteiger partial charge in [0.05, 0.1) is 13.2 Å². The largest absolute Gasteiger partial charge is 0.465 e. The SMILES string of the molecule is CCCCCCC(CCCC)COC(=O)CCCCCC(=O)OCC(CCCC)CCCCCC. The van der Waals surface area contributed by atoms with Crippen LogP contribution in [0.3, 0.4) is 0 Å². The summed E-state index contributed by atoms with van der Waals surface area (Å²) in [7, 11) is 0. The van der Waals surface area contributed by atoms with Crippen molar-refractivity contribution in [1.82, 2.24) is 0 Å². The van der Waals surface area contributed by atoms with E-state index in [1.54, 1.807) is 0 Å². The highest BCUT2D eigenvalue weighted by Crippen LogP contribution is 2.20. The Hall–Kier alpha value is -1.06. The van der Waals surface area contributed by atoms with Crippen molar-refractivity contribution in [3.63, 3.8) is 0 Å². The third kappa shape index (κ3) is 23.1. The van der Waals surface area contributed by atoms with Crippen LogP contribution in [0, 0.1) is 11.8 Å². The van der Waals surface area contributed by atoms with Crippen LogP contribution in [-0.4, -0.2) is 25.2 Å². The van der Waals surface area contributed by atoms with Crippen LogP contribution < -0.4 is 0 Å². The Morgan fingerprint density at radius 3 is 1.17 bits per heavy atom. The van der Waals surface area contributed by atoms with Gasteiger partial charge in [-0.2, -0.15) is 0 Å². The molecular formula is C31H60O4. The van der Waals surface area contributed by atoms with E-state index < -0.39 is 0 Å². The van der Waals surface area contributed by atoms with Crippen LogP contribution >= 0.6 is 0 Å². The molecule has 4 nitrogen and oxygen atoms in total. The van der Waals surface area contributed by atoms with Gasteiger partial charge in [-0.05, 0) is 50.4 Å². The van der Waals surface area contributed by atoms with Crippen LogP contribution in [0.1, 0.15) is 163 Å². The van der Waals surface area contributed by atoms with E-state index in [0.717, 1.165) is 32.1 Å². The minimum absolute atomic E-state index is 0.0792. The van der Waals surface area contributed by atoms with Crippen molar-refractivity contribution < 1.29 is 19.1 Å². The minimum Gasteiger partial charge on any atom is -0.465 e. The summed E-state index contributed by atoms with van der Waals surface area (Å²) < 4.78 is 11.2. The lowest BCUT2D eigenvalue weighted by molar-refractivity contribution is -0.145. The second-order valence-electron chi connectivity index (χ2n) is 10.6. The van der Waals surface area contributed by atoms with Gasteiger partial charge < -0.3 is 9.47 Å². The summed E-state index contributed by atoms with van der Waals surface area (Å²) in [6, 6.07) is 0. The van der Waals surface area contributed by atoms with Crippen molar-refractivity contribution in [3.05, 3.63) is 0 Å². The minimum atomic E-state index is -0.0792. The van der Waals surface area contributed by atoms with E-state index in [1.807, 2.05) is 0 Å². The maximum Gasteiger partial charge on any atom is 0.305 e. The molecule has 0 fully saturated rings. The molecule has 0 N–H and O–H groups in total. The average molecular weight is 497 g/mol. The van der Waals surface area contributed by atoms with Crippen LogP contribution in [0.5, 0.6) is 0 Å². The molecule has 0 amide bonds. The Labute approximate surface area is 218 Å². The maximum absolute atomic E-state index is 12.2. The molecule has 0 saturated heterocycles. The molecule has 35 heavy (non-hydrogen) atoms. The lowest BCUT2D eigenvalue weighted by atomic mass is 9.96. The fraction of sp³-hybridized carbons (Fsp3) is 0.935. The lowest BCUT2D eigenvalue weighted by Gasteiger charge is -2.17. The highest BCUT2D eigenvalue weighted by Gasteiger charge is 2.13. The molecule has 0 radical (unpaired) electrons. The summed E-state index contributed by atoms with van der Waals surface area (Å²) in [6.07, 6.45) is 23.0. The Balaban J connectivity index is 3.96. The molecule has 2 atom stereocenters. The molecule has 0 rings (SSSR count). The zero-order chi connectivity index (χ0) is 26.0. The first-order chi connectivity index (χ1) is 17.1. The molecular weight excluding hydrogens is 436 g/mol. The fourth-order valence-electron chi connectivity index (χ4n) is 4.61. The molecule has 0 aliphatic heterocycles. The van der Waals surface area contributed by atoms with Crippen molar-refractivity contribution in [2.24, 2.45) is 11.8 Å². The molecule has 0 spiro atoms. The number of carbonyl (C=O) groups excluding carboxylic acids is 2. The first-order valence-corrected chi connectivity index (χ1v) is 15.4. The van der Waals surface area contributed by atoms with Gasteiger partial charge in [0.2, 0.25) is 0 Å². The molecule has 0 heterocycles. The summed E-state index contributed by atoms with van der Waals surface area (Å²) in [5.41, 5.74) is 0. The van der Waals surface area contributed by atoms with Gasteiger partial charge >= 0.3 is 11.9 Å². The Kier molecular flexibility index (Phi) is 25.2. The van der Waals surface area contributed by atoms with Crippen molar-refractivity contribution >= 4 is 11.9 Å². The van der Waals surface area contributed by atoms with Gasteiger partial charge in [0.1, 0.15) is 0 Å². The summed E-state index contributed by atoms with van der Waals surface area (Å²) in [5.74, 6) is 0.866. The topological polar surface area (TPSA) is 52.6 Å². The van der Waals surface area contributed by atoms with Gasteiger partial charge in [0.15, 0.2) is 0 Å². The van der Waals surface area contributed by atoms with E-state index in [0.29, 0.717) is 37.9 Å². The third-order valence-electron chi connectivity index (χ3n) is 7.09. The van der Waals surface area contributed by atoms with E-state index in [1.165, 1.54) is 89.9 Å². The van der Waals surface area contributed by atoms with Gasteiger partial charge in [-0.25, -0.2) is 0 Å². The zero-order valence-electron chi connectivity index (χ0n) is 24.1. The highest BCUT2D eigenvalue weighted by molar-refractivity contribution is 5.69. The number of esters is 2. The smallest absolute Gasteiger partial charge is 0.305 e. The predicted molar refractivity (Wildman–Crippen MR) is 149 cm³/mol. The highest BCUT2D eigenvalue weighted by atomic mass is 16.5. The molecule has 0 aromatic rings. The number of ether oxygens (including phenoxy) is 2. The van der Waals surface area contributed by atoms with Crippen LogP contribution in [-0.2, 0) is 19.1 Å². The van der Waals surface area contributed by atoms with Crippen molar-refractivity contribution in [2.75, 3.05) is 13.2 Å². The molecule has 0 saturated carbocycles. The van der Waals surface area contributed by atoms with Gasteiger partial charge in [-0.15, -0.1) is 0 Å². The normalized spacial score (nSPS) is 12.9. The van der Waals surface area contributed by atoms with Crippen LogP contribution in [0.4, 0.5) is 0 Å². The fourth-order valence-corrected chi connectivity index (χ4v) is 4.61. The maximum atomic E-state index is 12.2. The van der Waals surface area contributed by atoms with E-state index in [9.17, 15) is 9.59 Å². The molecule has 0 aliphatic rings. The van der Waals surface area contributed by atoms with Crippen LogP contribution in [0.2, 0.25) is 0 Å². The molecule has 0 aromatic heterocycles. The Bertz CT molecular complexity index is 435. The quantitative estimate of drug-likeness (QED) is 0.0883. The van der Waals surface area contributed by atoms with E-state index >= 15 is 0 Å². The average Bonchev–Trinajstić information content (AvgIpc) is 2.86. The monoisotopic (exact) mass is 496 g/mol. The molecule has 208 valence electrons. The summed E-state index contributed by atoms with van der Waals surface area (Å²) in [4.78, 5) is 24.3. The second kappa shape index (κ2) is 26.0. The number of rotatable bonds is 26. The Morgan fingerprint density at radius 1 is 0.457 bits per heavy atom.